The van der Waals surface area contributed by atoms with Crippen LogP contribution < -0.4 is 10.6 Å². The first-order valence-electron chi connectivity index (χ1n) is 5.77. The van der Waals surface area contributed by atoms with Crippen molar-refractivity contribution in [2.75, 3.05) is 13.6 Å². The van der Waals surface area contributed by atoms with Crippen molar-refractivity contribution >= 4 is 22.7 Å². The van der Waals surface area contributed by atoms with Gasteiger partial charge in [-0.25, -0.2) is 0 Å². The molecular weight excluding hydrogens is 230 g/mol. The molecule has 2 aromatic rings. The fraction of sp³-hybridized carbons (Fsp3) is 0.231. The van der Waals surface area contributed by atoms with Gasteiger partial charge in [-0.2, -0.15) is 0 Å². The Morgan fingerprint density at radius 3 is 2.89 bits per heavy atom. The smallest absolute Gasteiger partial charge is 0.253 e. The number of benzene rings is 1. The van der Waals surface area contributed by atoms with Gasteiger partial charge in [0.2, 0.25) is 5.91 Å². The molecule has 0 aliphatic heterocycles. The third-order valence-corrected chi connectivity index (χ3v) is 2.75. The lowest BCUT2D eigenvalue weighted by Crippen LogP contribution is -2.29. The van der Waals surface area contributed by atoms with Gasteiger partial charge in [0.25, 0.3) is 5.91 Å². The Morgan fingerprint density at radius 2 is 2.11 bits per heavy atom. The van der Waals surface area contributed by atoms with Crippen molar-refractivity contribution in [2.24, 2.45) is 0 Å². The summed E-state index contributed by atoms with van der Waals surface area (Å²) in [5, 5.41) is 6.23. The normalized spacial score (nSPS) is 10.3. The van der Waals surface area contributed by atoms with Gasteiger partial charge >= 0.3 is 0 Å². The summed E-state index contributed by atoms with van der Waals surface area (Å²) < 4.78 is 0. The van der Waals surface area contributed by atoms with Crippen LogP contribution in [0.25, 0.3) is 10.9 Å². The van der Waals surface area contributed by atoms with Crippen LogP contribution in [0.4, 0.5) is 0 Å². The van der Waals surface area contributed by atoms with Crippen molar-refractivity contribution in [1.82, 2.24) is 15.6 Å². The quantitative estimate of drug-likeness (QED) is 0.752. The maximum atomic E-state index is 12.0. The predicted octanol–water partition coefficient (Wildman–Crippen LogP) is 1.03. The zero-order valence-electron chi connectivity index (χ0n) is 10.1. The summed E-state index contributed by atoms with van der Waals surface area (Å²) in [4.78, 5) is 26.0. The van der Waals surface area contributed by atoms with E-state index in [1.54, 1.807) is 19.3 Å². The van der Waals surface area contributed by atoms with E-state index in [0.717, 1.165) is 10.9 Å². The van der Waals surface area contributed by atoms with Crippen LogP contribution in [-0.4, -0.2) is 30.4 Å². The molecule has 0 saturated heterocycles. The minimum atomic E-state index is -0.174. The van der Waals surface area contributed by atoms with Gasteiger partial charge in [0, 0.05) is 31.6 Å². The molecule has 2 rings (SSSR count). The Bertz CT molecular complexity index is 574. The van der Waals surface area contributed by atoms with Gasteiger partial charge in [-0.1, -0.05) is 12.1 Å². The van der Waals surface area contributed by atoms with Crippen molar-refractivity contribution in [3.8, 4) is 0 Å². The molecule has 3 N–H and O–H groups in total. The number of para-hydroxylation sites is 1. The summed E-state index contributed by atoms with van der Waals surface area (Å²) in [6.45, 7) is 0.329. The molecule has 1 heterocycles. The van der Waals surface area contributed by atoms with Crippen molar-refractivity contribution in [3.63, 3.8) is 0 Å². The molecule has 0 atom stereocenters. The van der Waals surface area contributed by atoms with Crippen LogP contribution in [0, 0.1) is 0 Å². The van der Waals surface area contributed by atoms with Crippen LogP contribution in [0.3, 0.4) is 0 Å². The lowest BCUT2D eigenvalue weighted by Gasteiger charge is -2.05. The topological polar surface area (TPSA) is 74.0 Å². The Labute approximate surface area is 105 Å². The first-order chi connectivity index (χ1) is 8.72. The third kappa shape index (κ3) is 2.51. The van der Waals surface area contributed by atoms with E-state index in [2.05, 4.69) is 15.6 Å². The minimum absolute atomic E-state index is 0.0895. The minimum Gasteiger partial charge on any atom is -0.361 e. The summed E-state index contributed by atoms with van der Waals surface area (Å²) in [7, 11) is 1.57. The Kier molecular flexibility index (Phi) is 3.62. The molecule has 1 aromatic carbocycles. The molecule has 0 unspecified atom stereocenters. The lowest BCUT2D eigenvalue weighted by atomic mass is 10.1. The fourth-order valence-corrected chi connectivity index (χ4v) is 1.78. The fourth-order valence-electron chi connectivity index (χ4n) is 1.78. The van der Waals surface area contributed by atoms with E-state index < -0.39 is 0 Å². The van der Waals surface area contributed by atoms with Gasteiger partial charge in [0.1, 0.15) is 0 Å². The average Bonchev–Trinajstić information content (AvgIpc) is 2.86. The number of aromatic nitrogens is 1. The Hall–Kier alpha value is -2.30. The van der Waals surface area contributed by atoms with E-state index in [1.807, 2.05) is 18.2 Å². The maximum Gasteiger partial charge on any atom is 0.253 e. The molecule has 0 fully saturated rings. The molecular formula is C13H15N3O2. The van der Waals surface area contributed by atoms with Gasteiger partial charge in [0.05, 0.1) is 11.1 Å². The van der Waals surface area contributed by atoms with Gasteiger partial charge in [0.15, 0.2) is 0 Å². The van der Waals surface area contributed by atoms with Crippen LogP contribution in [0.1, 0.15) is 16.8 Å². The lowest BCUT2D eigenvalue weighted by molar-refractivity contribution is -0.120. The molecule has 0 bridgehead atoms. The molecule has 18 heavy (non-hydrogen) atoms. The SMILES string of the molecule is CNC(=O)CCNC(=O)c1cccc2cc[nH]c12. The molecule has 94 valence electrons. The van der Waals surface area contributed by atoms with Crippen LogP contribution in [0.5, 0.6) is 0 Å². The standard InChI is InChI=1S/C13H15N3O2/c1-14-11(17)6-8-16-13(18)10-4-2-3-9-5-7-15-12(9)10/h2-5,7,15H,6,8H2,1H3,(H,14,17)(H,16,18). The number of H-pyrrole nitrogens is 1. The molecule has 0 aliphatic rings. The summed E-state index contributed by atoms with van der Waals surface area (Å²) >= 11 is 0. The number of carbonyl (C=O) groups is 2. The van der Waals surface area contributed by atoms with E-state index in [-0.39, 0.29) is 18.2 Å². The van der Waals surface area contributed by atoms with Crippen molar-refractivity contribution < 1.29 is 9.59 Å². The Balaban J connectivity index is 2.05. The summed E-state index contributed by atoms with van der Waals surface area (Å²) in [6.07, 6.45) is 2.08. The number of hydrogen-bond acceptors (Lipinski definition) is 2. The molecule has 1 aromatic heterocycles. The number of amides is 2. The average molecular weight is 245 g/mol. The second kappa shape index (κ2) is 5.35. The van der Waals surface area contributed by atoms with E-state index in [4.69, 9.17) is 0 Å². The molecule has 0 saturated carbocycles. The summed E-state index contributed by atoms with van der Waals surface area (Å²) in [5.41, 5.74) is 1.41. The highest BCUT2D eigenvalue weighted by molar-refractivity contribution is 6.05. The molecule has 0 aliphatic carbocycles. The second-order valence-corrected chi connectivity index (χ2v) is 3.93. The number of rotatable bonds is 4. The number of nitrogens with one attached hydrogen (secondary N) is 3. The first kappa shape index (κ1) is 12.2. The molecule has 0 spiro atoms. The first-order valence-corrected chi connectivity index (χ1v) is 5.77. The molecule has 2 amide bonds. The monoisotopic (exact) mass is 245 g/mol. The number of aromatic amines is 1. The number of carbonyl (C=O) groups excluding carboxylic acids is 2. The summed E-state index contributed by atoms with van der Waals surface area (Å²) in [6, 6.07) is 7.45. The second-order valence-electron chi connectivity index (χ2n) is 3.93. The van der Waals surface area contributed by atoms with Gasteiger partial charge < -0.3 is 15.6 Å². The van der Waals surface area contributed by atoms with Crippen molar-refractivity contribution in [2.45, 2.75) is 6.42 Å². The van der Waals surface area contributed by atoms with Gasteiger partial charge in [-0.15, -0.1) is 0 Å². The highest BCUT2D eigenvalue weighted by Crippen LogP contribution is 2.16. The van der Waals surface area contributed by atoms with Crippen LogP contribution in [0.2, 0.25) is 0 Å². The molecule has 0 radical (unpaired) electrons. The summed E-state index contributed by atoms with van der Waals surface area (Å²) in [5.74, 6) is -0.264. The van der Waals surface area contributed by atoms with Crippen molar-refractivity contribution in [3.05, 3.63) is 36.0 Å². The van der Waals surface area contributed by atoms with E-state index in [0.29, 0.717) is 12.1 Å². The van der Waals surface area contributed by atoms with Crippen LogP contribution in [0.15, 0.2) is 30.5 Å². The molecule has 5 heteroatoms. The van der Waals surface area contributed by atoms with Crippen LogP contribution in [-0.2, 0) is 4.79 Å². The third-order valence-electron chi connectivity index (χ3n) is 2.75. The Morgan fingerprint density at radius 1 is 1.28 bits per heavy atom. The molecule has 5 nitrogen and oxygen atoms in total. The van der Waals surface area contributed by atoms with E-state index >= 15 is 0 Å². The highest BCUT2D eigenvalue weighted by atomic mass is 16.2. The van der Waals surface area contributed by atoms with Gasteiger partial charge in [-0.3, -0.25) is 9.59 Å². The van der Waals surface area contributed by atoms with Crippen molar-refractivity contribution in [1.29, 1.82) is 0 Å². The van der Waals surface area contributed by atoms with E-state index in [9.17, 15) is 9.59 Å². The number of hydrogen-bond donors (Lipinski definition) is 3. The van der Waals surface area contributed by atoms with E-state index in [1.165, 1.54) is 0 Å². The van der Waals surface area contributed by atoms with Crippen LogP contribution >= 0.6 is 0 Å². The zero-order valence-corrected chi connectivity index (χ0v) is 10.1. The highest BCUT2D eigenvalue weighted by Gasteiger charge is 2.10. The zero-order chi connectivity index (χ0) is 13.0. The maximum absolute atomic E-state index is 12.0. The predicted molar refractivity (Wildman–Crippen MR) is 69.3 cm³/mol. The van der Waals surface area contributed by atoms with Gasteiger partial charge in [-0.05, 0) is 12.1 Å². The number of fused-ring (bicyclic) bond motifs is 1. The largest absolute Gasteiger partial charge is 0.361 e.